The molecule has 0 fully saturated rings. The number of hydrogen-bond acceptors (Lipinski definition) is 5. The summed E-state index contributed by atoms with van der Waals surface area (Å²) >= 11 is 0. The summed E-state index contributed by atoms with van der Waals surface area (Å²) in [6.45, 7) is 3.71. The molecule has 0 aliphatic carbocycles. The Morgan fingerprint density at radius 1 is 1.26 bits per heavy atom. The molecule has 6 heteroatoms. The van der Waals surface area contributed by atoms with Crippen molar-refractivity contribution in [3.63, 3.8) is 0 Å². The van der Waals surface area contributed by atoms with Crippen LogP contribution in [0.25, 0.3) is 0 Å². The summed E-state index contributed by atoms with van der Waals surface area (Å²) < 4.78 is 0. The second-order valence-electron chi connectivity index (χ2n) is 3.97. The van der Waals surface area contributed by atoms with E-state index in [0.717, 1.165) is 0 Å². The fourth-order valence-electron chi connectivity index (χ4n) is 1.31. The molecule has 1 aromatic rings. The van der Waals surface area contributed by atoms with E-state index in [1.165, 1.54) is 0 Å². The molecule has 0 heterocycles. The number of nitrogens with zero attached hydrogens (tertiary/aromatic N) is 3. The number of hydrazone groups is 1. The van der Waals surface area contributed by atoms with Crippen LogP contribution in [0.1, 0.15) is 24.2 Å². The number of amides is 1. The van der Waals surface area contributed by atoms with Gasteiger partial charge in [0, 0.05) is 6.04 Å². The van der Waals surface area contributed by atoms with Crippen LogP contribution in [-0.2, 0) is 0 Å². The van der Waals surface area contributed by atoms with Crippen molar-refractivity contribution in [1.82, 2.24) is 5.32 Å². The van der Waals surface area contributed by atoms with Gasteiger partial charge in [-0.2, -0.15) is 15.6 Å². The number of anilines is 1. The van der Waals surface area contributed by atoms with Gasteiger partial charge in [0.15, 0.2) is 0 Å². The van der Waals surface area contributed by atoms with E-state index in [0.29, 0.717) is 11.3 Å². The number of carbonyl (C=O) groups is 1. The standard InChI is InChI=1S/C13H13N5O/c1-9(2)16-13(19)11-5-3-4-6-12(11)18-17-10(7-14)8-15/h3-6,9,18H,1-2H3,(H,16,19). The lowest BCUT2D eigenvalue weighted by atomic mass is 10.1. The number of nitrogens with one attached hydrogen (secondary N) is 2. The van der Waals surface area contributed by atoms with Crippen LogP contribution < -0.4 is 10.7 Å². The quantitative estimate of drug-likeness (QED) is 0.630. The van der Waals surface area contributed by atoms with E-state index in [9.17, 15) is 4.79 Å². The van der Waals surface area contributed by atoms with Crippen molar-refractivity contribution in [1.29, 1.82) is 10.5 Å². The smallest absolute Gasteiger partial charge is 0.253 e. The first-order chi connectivity index (χ1) is 9.08. The monoisotopic (exact) mass is 255 g/mol. The SMILES string of the molecule is CC(C)NC(=O)c1ccccc1NN=C(C#N)C#N. The lowest BCUT2D eigenvalue weighted by molar-refractivity contribution is 0.0944. The Bertz CT molecular complexity index is 561. The molecule has 96 valence electrons. The first-order valence-corrected chi connectivity index (χ1v) is 5.62. The predicted octanol–water partition coefficient (Wildman–Crippen LogP) is 1.64. The molecular weight excluding hydrogens is 242 g/mol. The number of nitriles is 2. The Morgan fingerprint density at radius 2 is 1.89 bits per heavy atom. The second kappa shape index (κ2) is 6.77. The molecule has 0 radical (unpaired) electrons. The topological polar surface area (TPSA) is 101 Å². The zero-order chi connectivity index (χ0) is 14.3. The van der Waals surface area contributed by atoms with E-state index < -0.39 is 0 Å². The molecular formula is C13H13N5O. The van der Waals surface area contributed by atoms with E-state index >= 15 is 0 Å². The number of para-hydroxylation sites is 1. The zero-order valence-electron chi connectivity index (χ0n) is 10.6. The van der Waals surface area contributed by atoms with Crippen LogP contribution in [-0.4, -0.2) is 17.7 Å². The maximum Gasteiger partial charge on any atom is 0.253 e. The zero-order valence-corrected chi connectivity index (χ0v) is 10.6. The van der Waals surface area contributed by atoms with Gasteiger partial charge in [-0.25, -0.2) is 0 Å². The fourth-order valence-corrected chi connectivity index (χ4v) is 1.31. The molecule has 2 N–H and O–H groups in total. The van der Waals surface area contributed by atoms with E-state index in [1.54, 1.807) is 36.4 Å². The number of benzene rings is 1. The Kier molecular flexibility index (Phi) is 5.06. The van der Waals surface area contributed by atoms with Crippen molar-refractivity contribution in [2.75, 3.05) is 5.43 Å². The van der Waals surface area contributed by atoms with E-state index in [1.807, 2.05) is 13.8 Å². The predicted molar refractivity (Wildman–Crippen MR) is 71.3 cm³/mol. The van der Waals surface area contributed by atoms with Gasteiger partial charge in [-0.1, -0.05) is 12.1 Å². The molecule has 1 rings (SSSR count). The van der Waals surface area contributed by atoms with Gasteiger partial charge in [-0.05, 0) is 26.0 Å². The maximum atomic E-state index is 11.9. The van der Waals surface area contributed by atoms with Gasteiger partial charge < -0.3 is 5.32 Å². The van der Waals surface area contributed by atoms with Crippen LogP contribution in [0.15, 0.2) is 29.4 Å². The van der Waals surface area contributed by atoms with Crippen LogP contribution in [0.4, 0.5) is 5.69 Å². The van der Waals surface area contributed by atoms with Crippen LogP contribution in [0.3, 0.4) is 0 Å². The molecule has 0 aliphatic heterocycles. The number of carbonyl (C=O) groups excluding carboxylic acids is 1. The first kappa shape index (κ1) is 14.2. The van der Waals surface area contributed by atoms with E-state index in [-0.39, 0.29) is 17.7 Å². The van der Waals surface area contributed by atoms with Gasteiger partial charge in [0.05, 0.1) is 11.3 Å². The molecule has 1 aromatic carbocycles. The normalized spacial score (nSPS) is 9.11. The van der Waals surface area contributed by atoms with Crippen LogP contribution in [0.2, 0.25) is 0 Å². The van der Waals surface area contributed by atoms with Gasteiger partial charge >= 0.3 is 0 Å². The molecule has 1 amide bonds. The van der Waals surface area contributed by atoms with Gasteiger partial charge in [-0.15, -0.1) is 0 Å². The number of hydrogen-bond donors (Lipinski definition) is 2. The summed E-state index contributed by atoms with van der Waals surface area (Å²) in [4.78, 5) is 11.9. The minimum atomic E-state index is -0.306. The highest BCUT2D eigenvalue weighted by atomic mass is 16.1. The average molecular weight is 255 g/mol. The third-order valence-corrected chi connectivity index (χ3v) is 2.09. The highest BCUT2D eigenvalue weighted by Gasteiger charge is 2.11. The summed E-state index contributed by atoms with van der Waals surface area (Å²) in [7, 11) is 0. The third-order valence-electron chi connectivity index (χ3n) is 2.09. The van der Waals surface area contributed by atoms with Crippen LogP contribution >= 0.6 is 0 Å². The summed E-state index contributed by atoms with van der Waals surface area (Å²) in [5.41, 5.74) is 3.08. The van der Waals surface area contributed by atoms with Gasteiger partial charge in [0.2, 0.25) is 5.71 Å². The number of rotatable bonds is 4. The minimum absolute atomic E-state index is 0.0119. The molecule has 0 aliphatic rings. The van der Waals surface area contributed by atoms with Crippen molar-refractivity contribution in [2.24, 2.45) is 5.10 Å². The lowest BCUT2D eigenvalue weighted by Gasteiger charge is -2.11. The Morgan fingerprint density at radius 3 is 2.47 bits per heavy atom. The molecule has 0 aromatic heterocycles. The molecule has 19 heavy (non-hydrogen) atoms. The van der Waals surface area contributed by atoms with Crippen molar-refractivity contribution in [2.45, 2.75) is 19.9 Å². The highest BCUT2D eigenvalue weighted by molar-refractivity contribution is 6.10. The van der Waals surface area contributed by atoms with Crippen LogP contribution in [0, 0.1) is 22.7 Å². The second-order valence-corrected chi connectivity index (χ2v) is 3.97. The van der Waals surface area contributed by atoms with Gasteiger partial charge in [-0.3, -0.25) is 10.2 Å². The Labute approximate surface area is 111 Å². The van der Waals surface area contributed by atoms with Gasteiger partial charge in [0.1, 0.15) is 12.1 Å². The van der Waals surface area contributed by atoms with E-state index in [2.05, 4.69) is 15.8 Å². The van der Waals surface area contributed by atoms with Crippen molar-refractivity contribution < 1.29 is 4.79 Å². The molecule has 6 nitrogen and oxygen atoms in total. The fraction of sp³-hybridized carbons (Fsp3) is 0.231. The van der Waals surface area contributed by atoms with Crippen molar-refractivity contribution in [3.05, 3.63) is 29.8 Å². The summed E-state index contributed by atoms with van der Waals surface area (Å²) in [6.07, 6.45) is 0. The molecule has 0 atom stereocenters. The first-order valence-electron chi connectivity index (χ1n) is 5.62. The third kappa shape index (κ3) is 4.14. The molecule has 0 unspecified atom stereocenters. The summed E-state index contributed by atoms with van der Waals surface area (Å²) in [5, 5.41) is 23.5. The molecule has 0 saturated heterocycles. The summed E-state index contributed by atoms with van der Waals surface area (Å²) in [6, 6.07) is 9.99. The van der Waals surface area contributed by atoms with E-state index in [4.69, 9.17) is 10.5 Å². The lowest BCUT2D eigenvalue weighted by Crippen LogP contribution is -2.30. The van der Waals surface area contributed by atoms with Crippen LogP contribution in [0.5, 0.6) is 0 Å². The maximum absolute atomic E-state index is 11.9. The molecule has 0 bridgehead atoms. The molecule has 0 saturated carbocycles. The largest absolute Gasteiger partial charge is 0.350 e. The summed E-state index contributed by atoms with van der Waals surface area (Å²) in [5.74, 6) is -0.247. The van der Waals surface area contributed by atoms with Crippen molar-refractivity contribution >= 4 is 17.3 Å². The molecule has 0 spiro atoms. The minimum Gasteiger partial charge on any atom is -0.350 e. The average Bonchev–Trinajstić information content (AvgIpc) is 2.39. The van der Waals surface area contributed by atoms with Crippen molar-refractivity contribution in [3.8, 4) is 12.1 Å². The van der Waals surface area contributed by atoms with Gasteiger partial charge in [0.25, 0.3) is 5.91 Å². The highest BCUT2D eigenvalue weighted by Crippen LogP contribution is 2.15. The Balaban J connectivity index is 2.98. The Hall–Kier alpha value is -2.86.